The second kappa shape index (κ2) is 6.19. The molecule has 1 aromatic heterocycles. The van der Waals surface area contributed by atoms with Crippen molar-refractivity contribution in [2.24, 2.45) is 0 Å². The summed E-state index contributed by atoms with van der Waals surface area (Å²) in [5.74, 6) is 0.825. The number of pyridine rings is 1. The van der Waals surface area contributed by atoms with Crippen molar-refractivity contribution >= 4 is 0 Å². The molecule has 0 amide bonds. The average Bonchev–Trinajstić information content (AvgIpc) is 2.24. The quantitative estimate of drug-likeness (QED) is 0.724. The van der Waals surface area contributed by atoms with E-state index in [-0.39, 0.29) is 0 Å². The molecule has 3 heteroatoms. The molecular formula is C12H18N2O. The number of rotatable bonds is 6. The highest BCUT2D eigenvalue weighted by Gasteiger charge is 2.03. The predicted octanol–water partition coefficient (Wildman–Crippen LogP) is 2.14. The molecule has 0 aliphatic rings. The number of aromatic nitrogens is 1. The van der Waals surface area contributed by atoms with Crippen molar-refractivity contribution in [2.75, 3.05) is 6.61 Å². The summed E-state index contributed by atoms with van der Waals surface area (Å²) >= 11 is 0. The predicted molar refractivity (Wildman–Crippen MR) is 61.9 cm³/mol. The van der Waals surface area contributed by atoms with E-state index in [0.29, 0.717) is 12.6 Å². The van der Waals surface area contributed by atoms with Gasteiger partial charge in [-0.25, -0.2) is 0 Å². The molecule has 0 spiro atoms. The van der Waals surface area contributed by atoms with Gasteiger partial charge in [0.15, 0.2) is 0 Å². The van der Waals surface area contributed by atoms with E-state index in [1.165, 1.54) is 0 Å². The van der Waals surface area contributed by atoms with Crippen molar-refractivity contribution in [2.45, 2.75) is 26.4 Å². The highest BCUT2D eigenvalue weighted by molar-refractivity contribution is 5.29. The van der Waals surface area contributed by atoms with Crippen molar-refractivity contribution in [1.82, 2.24) is 10.3 Å². The molecule has 3 nitrogen and oxygen atoms in total. The largest absolute Gasteiger partial charge is 0.488 e. The molecule has 82 valence electrons. The summed E-state index contributed by atoms with van der Waals surface area (Å²) in [6.45, 7) is 9.16. The van der Waals surface area contributed by atoms with Crippen LogP contribution < -0.4 is 10.1 Å². The fourth-order valence-electron chi connectivity index (χ4n) is 1.15. The topological polar surface area (TPSA) is 34.1 Å². The van der Waals surface area contributed by atoms with E-state index in [0.717, 1.165) is 17.9 Å². The van der Waals surface area contributed by atoms with Gasteiger partial charge in [-0.3, -0.25) is 4.98 Å². The van der Waals surface area contributed by atoms with Crippen LogP contribution in [0.2, 0.25) is 0 Å². The Morgan fingerprint density at radius 3 is 3.07 bits per heavy atom. The van der Waals surface area contributed by atoms with Crippen LogP contribution in [-0.4, -0.2) is 17.6 Å². The summed E-state index contributed by atoms with van der Waals surface area (Å²) in [4.78, 5) is 4.04. The third kappa shape index (κ3) is 4.13. The molecule has 1 aromatic rings. The van der Waals surface area contributed by atoms with Crippen molar-refractivity contribution < 1.29 is 4.74 Å². The Morgan fingerprint density at radius 1 is 1.60 bits per heavy atom. The second-order valence-corrected chi connectivity index (χ2v) is 3.62. The van der Waals surface area contributed by atoms with Crippen molar-refractivity contribution in [3.63, 3.8) is 0 Å². The van der Waals surface area contributed by atoms with Crippen molar-refractivity contribution in [3.8, 4) is 5.75 Å². The zero-order valence-corrected chi connectivity index (χ0v) is 9.36. The number of nitrogens with zero attached hydrogens (tertiary/aromatic N) is 1. The number of ether oxygens (including phenoxy) is 1. The molecule has 0 unspecified atom stereocenters. The molecule has 0 saturated carbocycles. The van der Waals surface area contributed by atoms with E-state index in [4.69, 9.17) is 4.74 Å². The monoisotopic (exact) mass is 206 g/mol. The SMILES string of the molecule is C=CCOc1cnccc1CNC(C)C. The molecule has 0 bridgehead atoms. The number of nitrogens with one attached hydrogen (secondary N) is 1. The summed E-state index contributed by atoms with van der Waals surface area (Å²) in [5, 5.41) is 3.34. The van der Waals surface area contributed by atoms with Gasteiger partial charge in [0.2, 0.25) is 0 Å². The van der Waals surface area contributed by atoms with Crippen LogP contribution in [0.4, 0.5) is 0 Å². The summed E-state index contributed by atoms with van der Waals surface area (Å²) in [7, 11) is 0. The normalized spacial score (nSPS) is 10.3. The fourth-order valence-corrected chi connectivity index (χ4v) is 1.15. The van der Waals surface area contributed by atoms with Gasteiger partial charge in [-0.1, -0.05) is 26.5 Å². The molecular weight excluding hydrogens is 188 g/mol. The van der Waals surface area contributed by atoms with Gasteiger partial charge in [0, 0.05) is 24.3 Å². The zero-order chi connectivity index (χ0) is 11.1. The van der Waals surface area contributed by atoms with Crippen LogP contribution in [0.3, 0.4) is 0 Å². The van der Waals surface area contributed by atoms with Gasteiger partial charge in [-0.15, -0.1) is 0 Å². The molecule has 0 aliphatic carbocycles. The first kappa shape index (κ1) is 11.7. The van der Waals surface area contributed by atoms with Crippen LogP contribution in [0.15, 0.2) is 31.1 Å². The first-order chi connectivity index (χ1) is 7.24. The van der Waals surface area contributed by atoms with E-state index in [9.17, 15) is 0 Å². The van der Waals surface area contributed by atoms with Gasteiger partial charge in [-0.2, -0.15) is 0 Å². The Kier molecular flexibility index (Phi) is 4.84. The molecule has 0 atom stereocenters. The molecule has 0 aliphatic heterocycles. The summed E-state index contributed by atoms with van der Waals surface area (Å²) < 4.78 is 5.50. The van der Waals surface area contributed by atoms with E-state index < -0.39 is 0 Å². The third-order valence-electron chi connectivity index (χ3n) is 1.93. The first-order valence-corrected chi connectivity index (χ1v) is 5.14. The van der Waals surface area contributed by atoms with Gasteiger partial charge in [-0.05, 0) is 6.07 Å². The van der Waals surface area contributed by atoms with E-state index in [1.807, 2.05) is 6.07 Å². The molecule has 1 N–H and O–H groups in total. The lowest BCUT2D eigenvalue weighted by Gasteiger charge is -2.12. The number of hydrogen-bond donors (Lipinski definition) is 1. The Morgan fingerprint density at radius 2 is 2.40 bits per heavy atom. The maximum absolute atomic E-state index is 5.50. The fraction of sp³-hybridized carbons (Fsp3) is 0.417. The van der Waals surface area contributed by atoms with Crippen LogP contribution >= 0.6 is 0 Å². The zero-order valence-electron chi connectivity index (χ0n) is 9.36. The highest BCUT2D eigenvalue weighted by Crippen LogP contribution is 2.16. The van der Waals surface area contributed by atoms with E-state index in [1.54, 1.807) is 18.5 Å². The molecule has 1 rings (SSSR count). The molecule has 0 fully saturated rings. The van der Waals surface area contributed by atoms with Crippen LogP contribution in [0, 0.1) is 0 Å². The average molecular weight is 206 g/mol. The smallest absolute Gasteiger partial charge is 0.142 e. The molecule has 1 heterocycles. The van der Waals surface area contributed by atoms with Crippen LogP contribution in [0.1, 0.15) is 19.4 Å². The van der Waals surface area contributed by atoms with Crippen LogP contribution in [-0.2, 0) is 6.54 Å². The lowest BCUT2D eigenvalue weighted by atomic mass is 10.2. The minimum atomic E-state index is 0.463. The minimum absolute atomic E-state index is 0.463. The van der Waals surface area contributed by atoms with Crippen LogP contribution in [0.25, 0.3) is 0 Å². The lowest BCUT2D eigenvalue weighted by molar-refractivity contribution is 0.355. The Bertz CT molecular complexity index is 310. The lowest BCUT2D eigenvalue weighted by Crippen LogP contribution is -2.22. The van der Waals surface area contributed by atoms with Gasteiger partial charge < -0.3 is 10.1 Å². The maximum atomic E-state index is 5.50. The first-order valence-electron chi connectivity index (χ1n) is 5.14. The van der Waals surface area contributed by atoms with E-state index in [2.05, 4.69) is 30.7 Å². The summed E-state index contributed by atoms with van der Waals surface area (Å²) in [5.41, 5.74) is 1.13. The molecule has 15 heavy (non-hydrogen) atoms. The molecule has 0 aromatic carbocycles. The van der Waals surface area contributed by atoms with Gasteiger partial charge in [0.25, 0.3) is 0 Å². The van der Waals surface area contributed by atoms with Crippen LogP contribution in [0.5, 0.6) is 5.75 Å². The van der Waals surface area contributed by atoms with Gasteiger partial charge in [0.05, 0.1) is 6.20 Å². The summed E-state index contributed by atoms with van der Waals surface area (Å²) in [6, 6.07) is 2.43. The summed E-state index contributed by atoms with van der Waals surface area (Å²) in [6.07, 6.45) is 5.24. The second-order valence-electron chi connectivity index (χ2n) is 3.62. The molecule has 0 saturated heterocycles. The van der Waals surface area contributed by atoms with Gasteiger partial charge in [0.1, 0.15) is 12.4 Å². The highest BCUT2D eigenvalue weighted by atomic mass is 16.5. The van der Waals surface area contributed by atoms with E-state index >= 15 is 0 Å². The standard InChI is InChI=1S/C12H18N2O/c1-4-7-15-12-9-13-6-5-11(12)8-14-10(2)3/h4-6,9-10,14H,1,7-8H2,2-3H3. The number of hydrogen-bond acceptors (Lipinski definition) is 3. The molecule has 0 radical (unpaired) electrons. The Balaban J connectivity index is 2.63. The Labute approximate surface area is 91.2 Å². The van der Waals surface area contributed by atoms with Crippen molar-refractivity contribution in [1.29, 1.82) is 0 Å². The Hall–Kier alpha value is -1.35. The van der Waals surface area contributed by atoms with Gasteiger partial charge >= 0.3 is 0 Å². The van der Waals surface area contributed by atoms with Crippen molar-refractivity contribution in [3.05, 3.63) is 36.7 Å². The minimum Gasteiger partial charge on any atom is -0.488 e. The third-order valence-corrected chi connectivity index (χ3v) is 1.93. The maximum Gasteiger partial charge on any atom is 0.142 e.